The second kappa shape index (κ2) is 5.14. The highest BCUT2D eigenvalue weighted by molar-refractivity contribution is 7.98. The van der Waals surface area contributed by atoms with Crippen molar-refractivity contribution in [2.75, 3.05) is 0 Å². The quantitative estimate of drug-likeness (QED) is 0.549. The van der Waals surface area contributed by atoms with Crippen LogP contribution in [0.4, 0.5) is 0 Å². The standard InChI is InChI=1S/C13H11N3OS2/c1-16-12(17)11-10(4-6-18-11)15-13(16)19-8-9-3-2-5-14-7-9/h2-7H,8H2,1H3. The molecule has 96 valence electrons. The van der Waals surface area contributed by atoms with Gasteiger partial charge in [-0.15, -0.1) is 11.3 Å². The highest BCUT2D eigenvalue weighted by Gasteiger charge is 2.09. The van der Waals surface area contributed by atoms with Gasteiger partial charge in [-0.3, -0.25) is 14.3 Å². The van der Waals surface area contributed by atoms with Crippen LogP contribution in [0.25, 0.3) is 10.2 Å². The molecule has 0 unspecified atom stereocenters. The van der Waals surface area contributed by atoms with Crippen LogP contribution in [-0.2, 0) is 12.8 Å². The van der Waals surface area contributed by atoms with E-state index in [-0.39, 0.29) is 5.56 Å². The van der Waals surface area contributed by atoms with Crippen molar-refractivity contribution in [1.82, 2.24) is 14.5 Å². The second-order valence-corrected chi connectivity index (χ2v) is 5.90. The molecule has 0 radical (unpaired) electrons. The fourth-order valence-electron chi connectivity index (χ4n) is 1.73. The van der Waals surface area contributed by atoms with Crippen molar-refractivity contribution in [2.45, 2.75) is 10.9 Å². The zero-order valence-corrected chi connectivity index (χ0v) is 11.9. The SMILES string of the molecule is Cn1c(SCc2cccnc2)nc2ccsc2c1=O. The zero-order chi connectivity index (χ0) is 13.2. The Hall–Kier alpha value is -1.66. The van der Waals surface area contributed by atoms with Gasteiger partial charge in [-0.25, -0.2) is 4.98 Å². The minimum absolute atomic E-state index is 0.0219. The van der Waals surface area contributed by atoms with Crippen molar-refractivity contribution in [2.24, 2.45) is 7.05 Å². The number of nitrogens with zero attached hydrogens (tertiary/aromatic N) is 3. The van der Waals surface area contributed by atoms with E-state index in [0.29, 0.717) is 4.70 Å². The summed E-state index contributed by atoms with van der Waals surface area (Å²) in [6.07, 6.45) is 3.58. The van der Waals surface area contributed by atoms with E-state index in [1.54, 1.807) is 29.6 Å². The lowest BCUT2D eigenvalue weighted by molar-refractivity contribution is 0.728. The van der Waals surface area contributed by atoms with Gasteiger partial charge in [0.05, 0.1) is 5.52 Å². The average Bonchev–Trinajstić information content (AvgIpc) is 2.91. The smallest absolute Gasteiger partial charge is 0.271 e. The molecule has 0 aliphatic rings. The molecule has 0 saturated heterocycles. The van der Waals surface area contributed by atoms with Crippen LogP contribution in [-0.4, -0.2) is 14.5 Å². The van der Waals surface area contributed by atoms with Gasteiger partial charge in [0.25, 0.3) is 5.56 Å². The first-order valence-corrected chi connectivity index (χ1v) is 7.58. The van der Waals surface area contributed by atoms with Crippen LogP contribution in [0.15, 0.2) is 45.9 Å². The predicted molar refractivity (Wildman–Crippen MR) is 78.7 cm³/mol. The molecule has 19 heavy (non-hydrogen) atoms. The van der Waals surface area contributed by atoms with Gasteiger partial charge < -0.3 is 0 Å². The topological polar surface area (TPSA) is 47.8 Å². The Morgan fingerprint density at radius 1 is 1.42 bits per heavy atom. The number of pyridine rings is 1. The normalized spacial score (nSPS) is 11.0. The van der Waals surface area contributed by atoms with Gasteiger partial charge >= 0.3 is 0 Å². The van der Waals surface area contributed by atoms with Gasteiger partial charge in [-0.1, -0.05) is 17.8 Å². The third kappa shape index (κ3) is 2.41. The minimum atomic E-state index is 0.0219. The molecule has 0 saturated carbocycles. The highest BCUT2D eigenvalue weighted by Crippen LogP contribution is 2.22. The molecule has 3 rings (SSSR count). The Labute approximate surface area is 118 Å². The first-order valence-electron chi connectivity index (χ1n) is 5.71. The zero-order valence-electron chi connectivity index (χ0n) is 10.2. The fourth-order valence-corrected chi connectivity index (χ4v) is 3.44. The van der Waals surface area contributed by atoms with Crippen molar-refractivity contribution < 1.29 is 0 Å². The predicted octanol–water partition coefficient (Wildman–Crippen LogP) is 2.68. The summed E-state index contributed by atoms with van der Waals surface area (Å²) in [7, 11) is 1.76. The number of rotatable bonds is 3. The molecule has 0 atom stereocenters. The molecule has 3 heterocycles. The Morgan fingerprint density at radius 3 is 3.11 bits per heavy atom. The molecule has 4 nitrogen and oxygen atoms in total. The summed E-state index contributed by atoms with van der Waals surface area (Å²) >= 11 is 2.99. The van der Waals surface area contributed by atoms with Crippen molar-refractivity contribution in [1.29, 1.82) is 0 Å². The molecule has 0 aromatic carbocycles. The van der Waals surface area contributed by atoms with Gasteiger partial charge in [-0.2, -0.15) is 0 Å². The van der Waals surface area contributed by atoms with E-state index in [2.05, 4.69) is 9.97 Å². The lowest BCUT2D eigenvalue weighted by Crippen LogP contribution is -2.18. The molecule has 0 fully saturated rings. The number of hydrogen-bond donors (Lipinski definition) is 0. The number of hydrogen-bond acceptors (Lipinski definition) is 5. The van der Waals surface area contributed by atoms with E-state index in [1.165, 1.54) is 11.3 Å². The maximum atomic E-state index is 12.1. The molecule has 6 heteroatoms. The Balaban J connectivity index is 1.93. The van der Waals surface area contributed by atoms with Gasteiger partial charge in [-0.05, 0) is 23.1 Å². The molecule has 0 N–H and O–H groups in total. The maximum Gasteiger partial charge on any atom is 0.271 e. The lowest BCUT2D eigenvalue weighted by atomic mass is 10.3. The van der Waals surface area contributed by atoms with Crippen LogP contribution < -0.4 is 5.56 Å². The fraction of sp³-hybridized carbons (Fsp3) is 0.154. The molecular formula is C13H11N3OS2. The summed E-state index contributed by atoms with van der Waals surface area (Å²) in [5.41, 5.74) is 1.92. The average molecular weight is 289 g/mol. The Bertz CT molecular complexity index is 764. The molecule has 0 amide bonds. The lowest BCUT2D eigenvalue weighted by Gasteiger charge is -2.06. The van der Waals surface area contributed by atoms with Crippen LogP contribution in [0.3, 0.4) is 0 Å². The first kappa shape index (κ1) is 12.4. The summed E-state index contributed by atoms with van der Waals surface area (Å²) in [6.45, 7) is 0. The van der Waals surface area contributed by atoms with Crippen LogP contribution in [0.5, 0.6) is 0 Å². The summed E-state index contributed by atoms with van der Waals surface area (Å²) in [5, 5.41) is 2.63. The van der Waals surface area contributed by atoms with Crippen LogP contribution in [0.2, 0.25) is 0 Å². The first-order chi connectivity index (χ1) is 9.25. The van der Waals surface area contributed by atoms with E-state index >= 15 is 0 Å². The molecule has 0 bridgehead atoms. The van der Waals surface area contributed by atoms with Crippen LogP contribution >= 0.6 is 23.1 Å². The molecule has 0 aliphatic carbocycles. The minimum Gasteiger partial charge on any atom is -0.290 e. The summed E-state index contributed by atoms with van der Waals surface area (Å²) in [6, 6.07) is 5.81. The summed E-state index contributed by atoms with van der Waals surface area (Å²) in [5.74, 6) is 0.754. The van der Waals surface area contributed by atoms with Gasteiger partial charge in [0.2, 0.25) is 0 Å². The van der Waals surface area contributed by atoms with Crippen molar-refractivity contribution in [3.63, 3.8) is 0 Å². The summed E-state index contributed by atoms with van der Waals surface area (Å²) in [4.78, 5) is 20.7. The van der Waals surface area contributed by atoms with E-state index in [4.69, 9.17) is 0 Å². The van der Waals surface area contributed by atoms with Crippen molar-refractivity contribution >= 4 is 33.3 Å². The molecule has 0 spiro atoms. The maximum absolute atomic E-state index is 12.1. The van der Waals surface area contributed by atoms with E-state index in [0.717, 1.165) is 22.0 Å². The summed E-state index contributed by atoms with van der Waals surface area (Å²) < 4.78 is 2.33. The third-order valence-corrected chi connectivity index (χ3v) is 4.73. The van der Waals surface area contributed by atoms with Gasteiger partial charge in [0, 0.05) is 25.2 Å². The molecular weight excluding hydrogens is 278 g/mol. The Morgan fingerprint density at radius 2 is 2.32 bits per heavy atom. The number of fused-ring (bicyclic) bond motifs is 1. The van der Waals surface area contributed by atoms with Crippen molar-refractivity contribution in [3.8, 4) is 0 Å². The highest BCUT2D eigenvalue weighted by atomic mass is 32.2. The van der Waals surface area contributed by atoms with Gasteiger partial charge in [0.1, 0.15) is 4.70 Å². The van der Waals surface area contributed by atoms with E-state index < -0.39 is 0 Å². The van der Waals surface area contributed by atoms with Gasteiger partial charge in [0.15, 0.2) is 5.16 Å². The van der Waals surface area contributed by atoms with Crippen LogP contribution in [0.1, 0.15) is 5.56 Å². The van der Waals surface area contributed by atoms with Crippen molar-refractivity contribution in [3.05, 3.63) is 51.9 Å². The largest absolute Gasteiger partial charge is 0.290 e. The molecule has 0 aliphatic heterocycles. The monoisotopic (exact) mass is 289 g/mol. The molecule has 3 aromatic rings. The van der Waals surface area contributed by atoms with E-state index in [1.807, 2.05) is 29.8 Å². The van der Waals surface area contributed by atoms with Crippen LogP contribution in [0, 0.1) is 0 Å². The number of thioether (sulfide) groups is 1. The number of aromatic nitrogens is 3. The number of thiophene rings is 1. The molecule has 3 aromatic heterocycles. The Kier molecular flexibility index (Phi) is 3.35. The second-order valence-electron chi connectivity index (χ2n) is 4.04. The third-order valence-electron chi connectivity index (χ3n) is 2.74. The van der Waals surface area contributed by atoms with E-state index in [9.17, 15) is 4.79 Å².